The molecular weight excluding hydrogens is 212 g/mol. The average Bonchev–Trinajstić information content (AvgIpc) is 2.92. The monoisotopic (exact) mass is 234 g/mol. The molecule has 1 atom stereocenters. The molecule has 0 N–H and O–H groups in total. The molecule has 2 aliphatic rings. The first-order valence-electron chi connectivity index (χ1n) is 6.75. The third-order valence-electron chi connectivity index (χ3n) is 4.54. The Kier molecular flexibility index (Phi) is 2.97. The molecule has 2 aliphatic heterocycles. The summed E-state index contributed by atoms with van der Waals surface area (Å²) in [6.45, 7) is 4.68. The molecule has 94 valence electrons. The van der Waals surface area contributed by atoms with Gasteiger partial charge in [-0.2, -0.15) is 0 Å². The van der Waals surface area contributed by atoms with E-state index < -0.39 is 0 Å². The van der Waals surface area contributed by atoms with Crippen LogP contribution in [0.2, 0.25) is 0 Å². The standard InChI is InChI=1S/C14H22N2O/c1-15-8-3-6-14(15)7-4-9-16(12-14)11-13-5-2-10-17-13/h2,5,10H,3-4,6-9,11-12H2,1H3/t14-/m0/s1. The average molecular weight is 234 g/mol. The van der Waals surface area contributed by atoms with Crippen LogP contribution in [0.1, 0.15) is 31.4 Å². The van der Waals surface area contributed by atoms with E-state index in [1.165, 1.54) is 45.3 Å². The second-order valence-corrected chi connectivity index (χ2v) is 5.64. The van der Waals surface area contributed by atoms with Crippen LogP contribution in [0.25, 0.3) is 0 Å². The van der Waals surface area contributed by atoms with Gasteiger partial charge in [-0.25, -0.2) is 0 Å². The van der Waals surface area contributed by atoms with Gasteiger partial charge in [-0.05, 0) is 58.0 Å². The van der Waals surface area contributed by atoms with Gasteiger partial charge in [-0.1, -0.05) is 0 Å². The first kappa shape index (κ1) is 11.3. The van der Waals surface area contributed by atoms with E-state index in [0.29, 0.717) is 5.54 Å². The van der Waals surface area contributed by atoms with E-state index >= 15 is 0 Å². The highest BCUT2D eigenvalue weighted by Crippen LogP contribution is 2.36. The first-order valence-corrected chi connectivity index (χ1v) is 6.75. The Balaban J connectivity index is 1.67. The Labute approximate surface area is 103 Å². The van der Waals surface area contributed by atoms with Crippen molar-refractivity contribution in [3.8, 4) is 0 Å². The summed E-state index contributed by atoms with van der Waals surface area (Å²) in [4.78, 5) is 5.14. The molecule has 3 heteroatoms. The van der Waals surface area contributed by atoms with Crippen LogP contribution in [0, 0.1) is 0 Å². The van der Waals surface area contributed by atoms with Crippen LogP contribution in [0.4, 0.5) is 0 Å². The van der Waals surface area contributed by atoms with Crippen LogP contribution in [0.15, 0.2) is 22.8 Å². The van der Waals surface area contributed by atoms with Crippen molar-refractivity contribution >= 4 is 0 Å². The summed E-state index contributed by atoms with van der Waals surface area (Å²) in [5.41, 5.74) is 0.463. The van der Waals surface area contributed by atoms with E-state index in [-0.39, 0.29) is 0 Å². The zero-order valence-electron chi connectivity index (χ0n) is 10.7. The maximum absolute atomic E-state index is 5.46. The molecule has 2 fully saturated rings. The highest BCUT2D eigenvalue weighted by molar-refractivity contribution is 5.02. The maximum atomic E-state index is 5.46. The Morgan fingerprint density at radius 1 is 1.29 bits per heavy atom. The summed E-state index contributed by atoms with van der Waals surface area (Å²) < 4.78 is 5.46. The Hall–Kier alpha value is -0.800. The highest BCUT2D eigenvalue weighted by Gasteiger charge is 2.41. The Bertz CT molecular complexity index is 362. The van der Waals surface area contributed by atoms with Gasteiger partial charge < -0.3 is 4.42 Å². The second kappa shape index (κ2) is 4.46. The van der Waals surface area contributed by atoms with Crippen LogP contribution in [-0.4, -0.2) is 42.0 Å². The lowest BCUT2D eigenvalue weighted by atomic mass is 9.86. The fourth-order valence-corrected chi connectivity index (χ4v) is 3.55. The molecule has 0 amide bonds. The third-order valence-corrected chi connectivity index (χ3v) is 4.54. The predicted molar refractivity (Wildman–Crippen MR) is 67.8 cm³/mol. The van der Waals surface area contributed by atoms with Crippen LogP contribution in [-0.2, 0) is 6.54 Å². The SMILES string of the molecule is CN1CCC[C@@]12CCCN(Cc1ccco1)C2. The van der Waals surface area contributed by atoms with Gasteiger partial charge in [0, 0.05) is 12.1 Å². The number of hydrogen-bond donors (Lipinski definition) is 0. The molecule has 0 aromatic carbocycles. The number of hydrogen-bond acceptors (Lipinski definition) is 3. The summed E-state index contributed by atoms with van der Waals surface area (Å²) in [6.07, 6.45) is 7.21. The maximum Gasteiger partial charge on any atom is 0.117 e. The van der Waals surface area contributed by atoms with Gasteiger partial charge in [0.25, 0.3) is 0 Å². The quantitative estimate of drug-likeness (QED) is 0.783. The largest absolute Gasteiger partial charge is 0.468 e. The van der Waals surface area contributed by atoms with Crippen molar-refractivity contribution in [3.05, 3.63) is 24.2 Å². The van der Waals surface area contributed by atoms with Gasteiger partial charge in [0.15, 0.2) is 0 Å². The minimum absolute atomic E-state index is 0.463. The van der Waals surface area contributed by atoms with Gasteiger partial charge in [0.2, 0.25) is 0 Å². The van der Waals surface area contributed by atoms with E-state index in [2.05, 4.69) is 22.9 Å². The predicted octanol–water partition coefficient (Wildman–Crippen LogP) is 2.34. The lowest BCUT2D eigenvalue weighted by Gasteiger charge is -2.44. The van der Waals surface area contributed by atoms with E-state index in [0.717, 1.165) is 12.3 Å². The van der Waals surface area contributed by atoms with Crippen molar-refractivity contribution in [3.63, 3.8) is 0 Å². The molecule has 0 radical (unpaired) electrons. The topological polar surface area (TPSA) is 19.6 Å². The molecule has 3 rings (SSSR count). The van der Waals surface area contributed by atoms with Crippen LogP contribution >= 0.6 is 0 Å². The molecule has 1 aromatic heterocycles. The highest BCUT2D eigenvalue weighted by atomic mass is 16.3. The van der Waals surface area contributed by atoms with Crippen molar-refractivity contribution in [2.75, 3.05) is 26.7 Å². The fourth-order valence-electron chi connectivity index (χ4n) is 3.55. The minimum Gasteiger partial charge on any atom is -0.468 e. The third kappa shape index (κ3) is 2.14. The van der Waals surface area contributed by atoms with Gasteiger partial charge >= 0.3 is 0 Å². The fraction of sp³-hybridized carbons (Fsp3) is 0.714. The minimum atomic E-state index is 0.463. The van der Waals surface area contributed by atoms with E-state index in [9.17, 15) is 0 Å². The Morgan fingerprint density at radius 2 is 2.12 bits per heavy atom. The number of furan rings is 1. The van der Waals surface area contributed by atoms with Crippen LogP contribution < -0.4 is 0 Å². The summed E-state index contributed by atoms with van der Waals surface area (Å²) in [5, 5.41) is 0. The number of likely N-dealkylation sites (N-methyl/N-ethyl adjacent to an activating group) is 1. The molecule has 2 saturated heterocycles. The van der Waals surface area contributed by atoms with Crippen molar-refractivity contribution in [1.29, 1.82) is 0 Å². The molecule has 0 aliphatic carbocycles. The first-order chi connectivity index (χ1) is 8.28. The van der Waals surface area contributed by atoms with E-state index in [4.69, 9.17) is 4.42 Å². The van der Waals surface area contributed by atoms with Gasteiger partial charge in [-0.15, -0.1) is 0 Å². The molecule has 1 spiro atoms. The smallest absolute Gasteiger partial charge is 0.117 e. The molecule has 3 heterocycles. The van der Waals surface area contributed by atoms with Gasteiger partial charge in [0.1, 0.15) is 5.76 Å². The number of nitrogens with zero attached hydrogens (tertiary/aromatic N) is 2. The zero-order chi connectivity index (χ0) is 11.7. The lowest BCUT2D eigenvalue weighted by molar-refractivity contribution is 0.0505. The second-order valence-electron chi connectivity index (χ2n) is 5.64. The van der Waals surface area contributed by atoms with Crippen molar-refractivity contribution in [1.82, 2.24) is 9.80 Å². The molecule has 0 saturated carbocycles. The summed E-state index contributed by atoms with van der Waals surface area (Å²) >= 11 is 0. The number of likely N-dealkylation sites (tertiary alicyclic amines) is 2. The van der Waals surface area contributed by atoms with Crippen LogP contribution in [0.5, 0.6) is 0 Å². The number of piperidine rings is 1. The van der Waals surface area contributed by atoms with E-state index in [1.54, 1.807) is 6.26 Å². The van der Waals surface area contributed by atoms with Crippen LogP contribution in [0.3, 0.4) is 0 Å². The van der Waals surface area contributed by atoms with Crippen molar-refractivity contribution in [2.45, 2.75) is 37.8 Å². The molecule has 3 nitrogen and oxygen atoms in total. The Morgan fingerprint density at radius 3 is 2.82 bits per heavy atom. The van der Waals surface area contributed by atoms with E-state index in [1.807, 2.05) is 6.07 Å². The molecule has 1 aromatic rings. The van der Waals surface area contributed by atoms with Gasteiger partial charge in [0.05, 0.1) is 12.8 Å². The number of rotatable bonds is 2. The molecule has 0 unspecified atom stereocenters. The normalized spacial score (nSPS) is 31.4. The zero-order valence-corrected chi connectivity index (χ0v) is 10.7. The van der Waals surface area contributed by atoms with Crippen molar-refractivity contribution in [2.24, 2.45) is 0 Å². The summed E-state index contributed by atoms with van der Waals surface area (Å²) in [5.74, 6) is 1.10. The van der Waals surface area contributed by atoms with Gasteiger partial charge in [-0.3, -0.25) is 9.80 Å². The lowest BCUT2D eigenvalue weighted by Crippen LogP contribution is -2.53. The molecule has 0 bridgehead atoms. The summed E-state index contributed by atoms with van der Waals surface area (Å²) in [6, 6.07) is 4.07. The van der Waals surface area contributed by atoms with Crippen molar-refractivity contribution < 1.29 is 4.42 Å². The molecule has 17 heavy (non-hydrogen) atoms. The summed E-state index contributed by atoms with van der Waals surface area (Å²) in [7, 11) is 2.30. The molecular formula is C14H22N2O.